The van der Waals surface area contributed by atoms with Gasteiger partial charge in [0.15, 0.2) is 0 Å². The van der Waals surface area contributed by atoms with Gasteiger partial charge < -0.3 is 5.32 Å². The van der Waals surface area contributed by atoms with Crippen LogP contribution < -0.4 is 5.32 Å². The first kappa shape index (κ1) is 13.7. The molecule has 1 saturated carbocycles. The molecule has 5 heteroatoms. The van der Waals surface area contributed by atoms with Gasteiger partial charge in [-0.3, -0.25) is 0 Å². The number of alkyl halides is 3. The lowest BCUT2D eigenvalue weighted by atomic mass is 9.95. The Hall–Kier alpha value is -1.70. The first-order valence-electron chi connectivity index (χ1n) is 6.20. The second kappa shape index (κ2) is 5.52. The number of benzene rings is 1. The summed E-state index contributed by atoms with van der Waals surface area (Å²) in [4.78, 5) is 0. The van der Waals surface area contributed by atoms with Crippen LogP contribution in [0.5, 0.6) is 0 Å². The van der Waals surface area contributed by atoms with Gasteiger partial charge in [-0.15, -0.1) is 0 Å². The van der Waals surface area contributed by atoms with Gasteiger partial charge in [0.25, 0.3) is 0 Å². The molecule has 0 aliphatic heterocycles. The Labute approximate surface area is 110 Å². The molecule has 1 aliphatic carbocycles. The fourth-order valence-corrected chi connectivity index (χ4v) is 2.28. The quantitative estimate of drug-likeness (QED) is 0.874. The van der Waals surface area contributed by atoms with Crippen LogP contribution in [0.25, 0.3) is 0 Å². The Morgan fingerprint density at radius 2 is 2.11 bits per heavy atom. The molecular weight excluding hydrogens is 253 g/mol. The monoisotopic (exact) mass is 267 g/mol. The van der Waals surface area contributed by atoms with E-state index in [2.05, 4.69) is 11.7 Å². The molecule has 1 aliphatic rings. The lowest BCUT2D eigenvalue weighted by Gasteiger charge is -2.24. The van der Waals surface area contributed by atoms with Crippen molar-refractivity contribution >= 4 is 5.69 Å². The fourth-order valence-electron chi connectivity index (χ4n) is 2.28. The van der Waals surface area contributed by atoms with Crippen LogP contribution in [0.15, 0.2) is 18.2 Å². The Morgan fingerprint density at radius 1 is 1.32 bits per heavy atom. The van der Waals surface area contributed by atoms with E-state index in [9.17, 15) is 13.2 Å². The Bertz CT molecular complexity index is 482. The van der Waals surface area contributed by atoms with E-state index >= 15 is 0 Å². The van der Waals surface area contributed by atoms with E-state index in [1.54, 1.807) is 6.07 Å². The van der Waals surface area contributed by atoms with Crippen molar-refractivity contribution < 1.29 is 13.2 Å². The molecule has 1 N–H and O–H groups in total. The van der Waals surface area contributed by atoms with Gasteiger partial charge in [0.1, 0.15) is 0 Å². The van der Waals surface area contributed by atoms with E-state index < -0.39 is 11.7 Å². The highest BCUT2D eigenvalue weighted by molar-refractivity contribution is 5.53. The van der Waals surface area contributed by atoms with E-state index in [1.165, 1.54) is 12.1 Å². The van der Waals surface area contributed by atoms with E-state index in [0.29, 0.717) is 5.69 Å². The number of rotatable bonds is 2. The van der Waals surface area contributed by atoms with Crippen molar-refractivity contribution in [2.24, 2.45) is 0 Å². The lowest BCUT2D eigenvalue weighted by Crippen LogP contribution is -2.22. The van der Waals surface area contributed by atoms with Crippen molar-refractivity contribution in [2.45, 2.75) is 37.9 Å². The van der Waals surface area contributed by atoms with E-state index in [4.69, 9.17) is 5.26 Å². The smallest absolute Gasteiger partial charge is 0.382 e. The van der Waals surface area contributed by atoms with Crippen LogP contribution in [0.2, 0.25) is 0 Å². The largest absolute Gasteiger partial charge is 0.417 e. The van der Waals surface area contributed by atoms with Gasteiger partial charge in [-0.05, 0) is 37.5 Å². The molecule has 1 unspecified atom stereocenters. The Kier molecular flexibility index (Phi) is 3.98. The summed E-state index contributed by atoms with van der Waals surface area (Å²) in [6, 6.07) is 5.53. The van der Waals surface area contributed by atoms with Crippen LogP contribution in [0, 0.1) is 17.8 Å². The molecule has 0 heterocycles. The van der Waals surface area contributed by atoms with E-state index in [-0.39, 0.29) is 11.6 Å². The fraction of sp³-hybridized carbons (Fsp3) is 0.429. The average Bonchev–Trinajstić information content (AvgIpc) is 2.39. The first-order chi connectivity index (χ1) is 9.00. The predicted molar refractivity (Wildman–Crippen MR) is 66.3 cm³/mol. The van der Waals surface area contributed by atoms with Gasteiger partial charge in [-0.25, -0.2) is 0 Å². The van der Waals surface area contributed by atoms with Crippen LogP contribution >= 0.6 is 0 Å². The van der Waals surface area contributed by atoms with E-state index in [1.807, 2.05) is 0 Å². The third-order valence-corrected chi connectivity index (χ3v) is 3.23. The average molecular weight is 267 g/mol. The molecule has 0 amide bonds. The minimum absolute atomic E-state index is 0.183. The molecule has 101 valence electrons. The van der Waals surface area contributed by atoms with Gasteiger partial charge >= 0.3 is 6.18 Å². The first-order valence-corrected chi connectivity index (χ1v) is 6.20. The molecule has 1 fully saturated rings. The molecular formula is C14H14F3N2. The van der Waals surface area contributed by atoms with Crippen molar-refractivity contribution in [3.63, 3.8) is 0 Å². The van der Waals surface area contributed by atoms with Gasteiger partial charge in [0, 0.05) is 11.7 Å². The van der Waals surface area contributed by atoms with Gasteiger partial charge in [0.2, 0.25) is 0 Å². The summed E-state index contributed by atoms with van der Waals surface area (Å²) in [5.74, 6) is 0. The highest BCUT2D eigenvalue weighted by Crippen LogP contribution is 2.34. The third-order valence-electron chi connectivity index (χ3n) is 3.23. The zero-order chi connectivity index (χ0) is 13.9. The maximum atomic E-state index is 12.8. The van der Waals surface area contributed by atoms with E-state index in [0.717, 1.165) is 31.7 Å². The topological polar surface area (TPSA) is 35.8 Å². The predicted octanol–water partition coefficient (Wildman–Crippen LogP) is 4.14. The lowest BCUT2D eigenvalue weighted by molar-refractivity contribution is -0.137. The second-order valence-corrected chi connectivity index (χ2v) is 4.67. The van der Waals surface area contributed by atoms with Crippen molar-refractivity contribution in [1.29, 1.82) is 5.26 Å². The highest BCUT2D eigenvalue weighted by atomic mass is 19.4. The summed E-state index contributed by atoms with van der Waals surface area (Å²) < 4.78 is 38.4. The van der Waals surface area contributed by atoms with Crippen molar-refractivity contribution in [3.8, 4) is 6.07 Å². The van der Waals surface area contributed by atoms with Crippen molar-refractivity contribution in [3.05, 3.63) is 35.7 Å². The number of halogens is 3. The summed E-state index contributed by atoms with van der Waals surface area (Å²) >= 11 is 0. The molecule has 1 atom stereocenters. The number of nitrogens with zero attached hydrogens (tertiary/aromatic N) is 1. The van der Waals surface area contributed by atoms with Crippen LogP contribution in [0.3, 0.4) is 0 Å². The highest BCUT2D eigenvalue weighted by Gasteiger charge is 2.34. The van der Waals surface area contributed by atoms with Crippen LogP contribution in [-0.2, 0) is 6.18 Å². The molecule has 2 nitrogen and oxygen atoms in total. The number of nitrogens with one attached hydrogen (secondary N) is 1. The summed E-state index contributed by atoms with van der Waals surface area (Å²) in [6.45, 7) is 0. The zero-order valence-corrected chi connectivity index (χ0v) is 10.3. The standard InChI is InChI=1S/C14H14F3N2/c15-14(16,17)13-8-12(7-6-10(13)9-18)19-11-4-2-1-3-5-11/h2,6-8,11,19H,1,3-5H2. The number of anilines is 1. The van der Waals surface area contributed by atoms with Crippen LogP contribution in [0.1, 0.15) is 36.8 Å². The number of nitriles is 1. The second-order valence-electron chi connectivity index (χ2n) is 4.67. The molecule has 1 aromatic carbocycles. The molecule has 0 aromatic heterocycles. The minimum Gasteiger partial charge on any atom is -0.382 e. The maximum Gasteiger partial charge on any atom is 0.417 e. The third kappa shape index (κ3) is 3.40. The van der Waals surface area contributed by atoms with Gasteiger partial charge in [-0.2, -0.15) is 18.4 Å². The number of hydrogen-bond donors (Lipinski definition) is 1. The Balaban J connectivity index is 2.20. The molecule has 19 heavy (non-hydrogen) atoms. The normalized spacial score (nSPS) is 16.9. The minimum atomic E-state index is -4.50. The molecule has 0 saturated heterocycles. The van der Waals surface area contributed by atoms with Crippen molar-refractivity contribution in [2.75, 3.05) is 5.32 Å². The van der Waals surface area contributed by atoms with Gasteiger partial charge in [0.05, 0.1) is 17.2 Å². The summed E-state index contributed by atoms with van der Waals surface area (Å²) in [5, 5.41) is 11.8. The summed E-state index contributed by atoms with van der Waals surface area (Å²) in [6.07, 6.45) is 1.59. The molecule has 0 spiro atoms. The van der Waals surface area contributed by atoms with Crippen LogP contribution in [-0.4, -0.2) is 6.04 Å². The zero-order valence-electron chi connectivity index (χ0n) is 10.3. The van der Waals surface area contributed by atoms with Crippen molar-refractivity contribution in [1.82, 2.24) is 0 Å². The molecule has 0 bridgehead atoms. The molecule has 1 aromatic rings. The number of hydrogen-bond acceptors (Lipinski definition) is 2. The molecule has 1 radical (unpaired) electrons. The SMILES string of the molecule is N#Cc1ccc(NC2C[CH]CCC2)cc1C(F)(F)F. The van der Waals surface area contributed by atoms with Gasteiger partial charge in [-0.1, -0.05) is 12.8 Å². The van der Waals surface area contributed by atoms with Crippen LogP contribution in [0.4, 0.5) is 18.9 Å². The molecule has 2 rings (SSSR count). The Morgan fingerprint density at radius 3 is 2.68 bits per heavy atom. The summed E-state index contributed by atoms with van der Waals surface area (Å²) in [5.41, 5.74) is -0.792. The summed E-state index contributed by atoms with van der Waals surface area (Å²) in [7, 11) is 0. The maximum absolute atomic E-state index is 12.8.